The van der Waals surface area contributed by atoms with Crippen LogP contribution in [0.3, 0.4) is 0 Å². The molecule has 0 saturated heterocycles. The fourth-order valence-corrected chi connectivity index (χ4v) is 5.26. The number of fused-ring (bicyclic) bond motifs is 1. The Hall–Kier alpha value is -1.15. The van der Waals surface area contributed by atoms with Crippen LogP contribution in [-0.2, 0) is 4.79 Å². The average molecular weight is 328 g/mol. The third-order valence-corrected chi connectivity index (χ3v) is 7.01. The first kappa shape index (κ1) is 17.7. The van der Waals surface area contributed by atoms with Gasteiger partial charge in [0.2, 0.25) is 0 Å². The first-order valence-electron chi connectivity index (χ1n) is 9.60. The quantitative estimate of drug-likeness (QED) is 0.572. The number of carbonyl (C=O) groups is 1. The van der Waals surface area contributed by atoms with E-state index < -0.39 is 0 Å². The molecule has 0 aromatic rings. The smallest absolute Gasteiger partial charge is 0.161 e. The average Bonchev–Trinajstić information content (AvgIpc) is 2.55. The molecule has 2 saturated carbocycles. The lowest BCUT2D eigenvalue weighted by molar-refractivity contribution is -0.133. The van der Waals surface area contributed by atoms with Crippen molar-refractivity contribution in [3.63, 3.8) is 0 Å². The van der Waals surface area contributed by atoms with Crippen molar-refractivity contribution < 1.29 is 9.90 Å². The van der Waals surface area contributed by atoms with E-state index in [1.54, 1.807) is 0 Å². The Kier molecular flexibility index (Phi) is 4.88. The van der Waals surface area contributed by atoms with Crippen LogP contribution in [0.15, 0.2) is 35.5 Å². The summed E-state index contributed by atoms with van der Waals surface area (Å²) in [5.41, 5.74) is 3.38. The summed E-state index contributed by atoms with van der Waals surface area (Å²) >= 11 is 0. The Morgan fingerprint density at radius 1 is 1.38 bits per heavy atom. The van der Waals surface area contributed by atoms with Crippen molar-refractivity contribution >= 4 is 5.78 Å². The van der Waals surface area contributed by atoms with E-state index in [0.717, 1.165) is 50.5 Å². The SMILES string of the molecule is C=C(C)[C@@H]1CC=C(/C=C2\C[C@@]3(C)C(CCC[C@@H]3O)C(C)C2=O)CC1. The molecule has 2 fully saturated rings. The summed E-state index contributed by atoms with van der Waals surface area (Å²) in [5, 5.41) is 10.6. The summed E-state index contributed by atoms with van der Waals surface area (Å²) in [5.74, 6) is 1.28. The normalized spacial score (nSPS) is 41.8. The summed E-state index contributed by atoms with van der Waals surface area (Å²) in [6, 6.07) is 0. The molecule has 3 aliphatic carbocycles. The number of ketones is 1. The standard InChI is InChI=1S/C22H32O2/c1-14(2)17-10-8-16(9-11-17)12-18-13-22(4)19(15(3)21(18)24)6-5-7-20(22)23/h8,12,15,17,19-20,23H,1,5-7,9-11,13H2,2-4H3/b18-12+/t15?,17-,19?,20+,22+/m1/s1. The van der Waals surface area contributed by atoms with Crippen LogP contribution in [0.2, 0.25) is 0 Å². The Morgan fingerprint density at radius 3 is 2.75 bits per heavy atom. The minimum atomic E-state index is -0.275. The lowest BCUT2D eigenvalue weighted by Gasteiger charge is -2.51. The number of rotatable bonds is 2. The third-order valence-electron chi connectivity index (χ3n) is 7.01. The summed E-state index contributed by atoms with van der Waals surface area (Å²) in [6.45, 7) is 10.5. The Balaban J connectivity index is 1.83. The molecule has 1 N–H and O–H groups in total. The molecule has 2 nitrogen and oxygen atoms in total. The molecule has 0 amide bonds. The predicted octanol–water partition coefficient (Wildman–Crippen LogP) is 4.99. The van der Waals surface area contributed by atoms with E-state index in [1.165, 1.54) is 11.1 Å². The molecule has 3 rings (SSSR count). The Bertz CT molecular complexity index is 597. The number of Topliss-reactive ketones (excluding diaryl/α,β-unsaturated/α-hetero) is 1. The van der Waals surface area contributed by atoms with Crippen LogP contribution in [0, 0.1) is 23.2 Å². The molecule has 0 aliphatic heterocycles. The minimum absolute atomic E-state index is 0.0392. The van der Waals surface area contributed by atoms with Gasteiger partial charge in [0, 0.05) is 11.3 Å². The van der Waals surface area contributed by atoms with Gasteiger partial charge in [-0.1, -0.05) is 50.1 Å². The second-order valence-corrected chi connectivity index (χ2v) is 8.65. The van der Waals surface area contributed by atoms with Gasteiger partial charge in [-0.3, -0.25) is 4.79 Å². The van der Waals surface area contributed by atoms with Crippen LogP contribution in [0.4, 0.5) is 0 Å². The number of aliphatic hydroxyl groups is 1. The fourth-order valence-electron chi connectivity index (χ4n) is 5.26. The molecular weight excluding hydrogens is 296 g/mol. The van der Waals surface area contributed by atoms with E-state index in [-0.39, 0.29) is 17.4 Å². The zero-order chi connectivity index (χ0) is 17.5. The van der Waals surface area contributed by atoms with Crippen LogP contribution in [-0.4, -0.2) is 17.0 Å². The van der Waals surface area contributed by atoms with Gasteiger partial charge >= 0.3 is 0 Å². The molecule has 2 heteroatoms. The van der Waals surface area contributed by atoms with Crippen molar-refractivity contribution in [3.05, 3.63) is 35.5 Å². The third kappa shape index (κ3) is 3.06. The Morgan fingerprint density at radius 2 is 2.12 bits per heavy atom. The topological polar surface area (TPSA) is 37.3 Å². The van der Waals surface area contributed by atoms with Crippen LogP contribution in [0.25, 0.3) is 0 Å². The van der Waals surface area contributed by atoms with Gasteiger partial charge in [0.15, 0.2) is 5.78 Å². The molecule has 24 heavy (non-hydrogen) atoms. The van der Waals surface area contributed by atoms with Gasteiger partial charge in [-0.05, 0) is 62.9 Å². The molecule has 0 heterocycles. The van der Waals surface area contributed by atoms with Crippen LogP contribution < -0.4 is 0 Å². The highest BCUT2D eigenvalue weighted by molar-refractivity contribution is 5.98. The van der Waals surface area contributed by atoms with E-state index in [0.29, 0.717) is 17.6 Å². The zero-order valence-corrected chi connectivity index (χ0v) is 15.5. The lowest BCUT2D eigenvalue weighted by Crippen LogP contribution is -2.51. The fraction of sp³-hybridized carbons (Fsp3) is 0.682. The molecule has 2 unspecified atom stereocenters. The molecule has 0 aromatic heterocycles. The van der Waals surface area contributed by atoms with Crippen LogP contribution in [0.1, 0.15) is 65.7 Å². The van der Waals surface area contributed by atoms with E-state index in [4.69, 9.17) is 0 Å². The van der Waals surface area contributed by atoms with E-state index in [2.05, 4.69) is 39.5 Å². The van der Waals surface area contributed by atoms with Crippen molar-refractivity contribution in [3.8, 4) is 0 Å². The van der Waals surface area contributed by atoms with Crippen molar-refractivity contribution in [2.75, 3.05) is 0 Å². The van der Waals surface area contributed by atoms with Crippen LogP contribution >= 0.6 is 0 Å². The highest BCUT2D eigenvalue weighted by Gasteiger charge is 2.51. The second kappa shape index (κ2) is 6.63. The van der Waals surface area contributed by atoms with Crippen molar-refractivity contribution in [1.82, 2.24) is 0 Å². The number of carbonyl (C=O) groups excluding carboxylic acids is 1. The number of allylic oxidation sites excluding steroid dienone is 5. The van der Waals surface area contributed by atoms with Gasteiger partial charge in [-0.2, -0.15) is 0 Å². The van der Waals surface area contributed by atoms with E-state index in [1.807, 2.05) is 0 Å². The maximum atomic E-state index is 12.9. The lowest BCUT2D eigenvalue weighted by atomic mass is 9.54. The highest BCUT2D eigenvalue weighted by Crippen LogP contribution is 2.53. The van der Waals surface area contributed by atoms with Gasteiger partial charge in [-0.25, -0.2) is 0 Å². The minimum Gasteiger partial charge on any atom is -0.393 e. The second-order valence-electron chi connectivity index (χ2n) is 8.65. The summed E-state index contributed by atoms with van der Waals surface area (Å²) < 4.78 is 0. The predicted molar refractivity (Wildman–Crippen MR) is 98.6 cm³/mol. The van der Waals surface area contributed by atoms with Gasteiger partial charge in [0.05, 0.1) is 6.10 Å². The number of hydrogen-bond donors (Lipinski definition) is 1. The first-order valence-corrected chi connectivity index (χ1v) is 9.60. The maximum Gasteiger partial charge on any atom is 0.161 e. The van der Waals surface area contributed by atoms with Crippen molar-refractivity contribution in [2.45, 2.75) is 71.8 Å². The van der Waals surface area contributed by atoms with Crippen LogP contribution in [0.5, 0.6) is 0 Å². The summed E-state index contributed by atoms with van der Waals surface area (Å²) in [6.07, 6.45) is 11.1. The molecule has 0 spiro atoms. The summed E-state index contributed by atoms with van der Waals surface area (Å²) in [7, 11) is 0. The maximum absolute atomic E-state index is 12.9. The Labute approximate surface area is 146 Å². The summed E-state index contributed by atoms with van der Waals surface area (Å²) in [4.78, 5) is 12.9. The largest absolute Gasteiger partial charge is 0.393 e. The molecule has 3 aliphatic rings. The highest BCUT2D eigenvalue weighted by atomic mass is 16.3. The van der Waals surface area contributed by atoms with E-state index >= 15 is 0 Å². The number of aliphatic hydroxyl groups excluding tert-OH is 1. The van der Waals surface area contributed by atoms with Gasteiger partial charge in [-0.15, -0.1) is 0 Å². The van der Waals surface area contributed by atoms with Gasteiger partial charge in [0.1, 0.15) is 0 Å². The molecule has 5 atom stereocenters. The van der Waals surface area contributed by atoms with Gasteiger partial charge < -0.3 is 5.11 Å². The van der Waals surface area contributed by atoms with E-state index in [9.17, 15) is 9.90 Å². The molecular formula is C22H32O2. The molecule has 0 aromatic carbocycles. The monoisotopic (exact) mass is 328 g/mol. The molecule has 132 valence electrons. The van der Waals surface area contributed by atoms with Gasteiger partial charge in [0.25, 0.3) is 0 Å². The van der Waals surface area contributed by atoms with Crippen molar-refractivity contribution in [2.24, 2.45) is 23.2 Å². The molecule has 0 bridgehead atoms. The molecule has 0 radical (unpaired) electrons. The van der Waals surface area contributed by atoms with Crippen molar-refractivity contribution in [1.29, 1.82) is 0 Å². The first-order chi connectivity index (χ1) is 11.3. The zero-order valence-electron chi connectivity index (χ0n) is 15.5. The number of hydrogen-bond acceptors (Lipinski definition) is 2.